The van der Waals surface area contributed by atoms with E-state index in [2.05, 4.69) is 15.6 Å². The molecule has 2 aliphatic rings. The van der Waals surface area contributed by atoms with Gasteiger partial charge in [0.15, 0.2) is 5.96 Å². The van der Waals surface area contributed by atoms with E-state index in [-0.39, 0.29) is 35.3 Å². The number of guanidine groups is 1. The molecular weight excluding hydrogens is 505 g/mol. The van der Waals surface area contributed by atoms with Crippen LogP contribution in [0.4, 0.5) is 0 Å². The highest BCUT2D eigenvalue weighted by molar-refractivity contribution is 14.0. The molecule has 2 aliphatic carbocycles. The number of ether oxygens (including phenoxy) is 1. The minimum Gasteiger partial charge on any atom is -0.474 e. The monoisotopic (exact) mass is 543 g/mol. The number of rotatable bonds is 8. The normalized spacial score (nSPS) is 18.4. The fourth-order valence-corrected chi connectivity index (χ4v) is 4.55. The third-order valence-electron chi connectivity index (χ3n) is 6.17. The number of hydrogen-bond donors (Lipinski definition) is 2. The lowest BCUT2D eigenvalue weighted by Gasteiger charge is -2.31. The van der Waals surface area contributed by atoms with Crippen molar-refractivity contribution in [2.45, 2.75) is 70.9 Å². The van der Waals surface area contributed by atoms with Crippen LogP contribution < -0.4 is 15.4 Å². The Balaban J connectivity index is 0.00000341. The maximum atomic E-state index is 12.8. The third-order valence-corrected chi connectivity index (χ3v) is 6.17. The summed E-state index contributed by atoms with van der Waals surface area (Å²) in [6.45, 7) is 3.97. The van der Waals surface area contributed by atoms with E-state index in [9.17, 15) is 4.79 Å². The molecule has 0 bridgehead atoms. The van der Waals surface area contributed by atoms with Crippen molar-refractivity contribution in [3.8, 4) is 5.88 Å². The van der Waals surface area contributed by atoms with E-state index >= 15 is 0 Å². The van der Waals surface area contributed by atoms with Gasteiger partial charge in [0.25, 0.3) is 0 Å². The summed E-state index contributed by atoms with van der Waals surface area (Å²) in [6, 6.07) is 3.96. The zero-order chi connectivity index (χ0) is 21.4. The van der Waals surface area contributed by atoms with E-state index in [0.29, 0.717) is 25.1 Å². The number of aliphatic imine (C=N–C) groups is 1. The molecular formula is C23H38IN5O2. The Morgan fingerprint density at radius 3 is 2.58 bits per heavy atom. The molecule has 7 nitrogen and oxygen atoms in total. The minimum atomic E-state index is -0.321. The summed E-state index contributed by atoms with van der Waals surface area (Å²) < 4.78 is 6.01. The number of nitrogens with one attached hydrogen (secondary N) is 2. The van der Waals surface area contributed by atoms with E-state index < -0.39 is 0 Å². The first kappa shape index (κ1) is 25.7. The lowest BCUT2D eigenvalue weighted by atomic mass is 9.84. The highest BCUT2D eigenvalue weighted by atomic mass is 127. The van der Waals surface area contributed by atoms with Gasteiger partial charge in [-0.15, -0.1) is 24.0 Å². The average molecular weight is 543 g/mol. The van der Waals surface area contributed by atoms with Crippen LogP contribution in [0, 0.1) is 5.41 Å². The summed E-state index contributed by atoms with van der Waals surface area (Å²) >= 11 is 0. The molecule has 2 N–H and O–H groups in total. The van der Waals surface area contributed by atoms with Crippen LogP contribution in [-0.4, -0.2) is 55.0 Å². The summed E-state index contributed by atoms with van der Waals surface area (Å²) in [5.74, 6) is 1.64. The first-order chi connectivity index (χ1) is 14.5. The summed E-state index contributed by atoms with van der Waals surface area (Å²) in [4.78, 5) is 23.6. The molecule has 2 fully saturated rings. The molecule has 1 amide bonds. The van der Waals surface area contributed by atoms with Gasteiger partial charge in [0.2, 0.25) is 11.8 Å². The van der Waals surface area contributed by atoms with Gasteiger partial charge in [-0.3, -0.25) is 4.79 Å². The van der Waals surface area contributed by atoms with Crippen LogP contribution in [0.15, 0.2) is 23.3 Å². The molecule has 1 heterocycles. The van der Waals surface area contributed by atoms with Gasteiger partial charge in [0.1, 0.15) is 6.10 Å². The Bertz CT molecular complexity index is 728. The molecule has 0 spiro atoms. The molecule has 0 atom stereocenters. The Hall–Kier alpha value is -1.58. The topological polar surface area (TPSA) is 78.9 Å². The molecule has 0 radical (unpaired) electrons. The number of nitrogens with zero attached hydrogens (tertiary/aromatic N) is 3. The number of aromatic nitrogens is 1. The van der Waals surface area contributed by atoms with Crippen LogP contribution in [0.25, 0.3) is 0 Å². The van der Waals surface area contributed by atoms with Gasteiger partial charge in [-0.2, -0.15) is 0 Å². The summed E-state index contributed by atoms with van der Waals surface area (Å²) in [5.41, 5.74) is 0.744. The first-order valence-corrected chi connectivity index (χ1v) is 11.4. The quantitative estimate of drug-likeness (QED) is 0.297. The fourth-order valence-electron chi connectivity index (χ4n) is 4.55. The summed E-state index contributed by atoms with van der Waals surface area (Å²) in [7, 11) is 3.69. The van der Waals surface area contributed by atoms with Crippen LogP contribution >= 0.6 is 24.0 Å². The van der Waals surface area contributed by atoms with E-state index in [1.807, 2.05) is 33.2 Å². The van der Waals surface area contributed by atoms with Crippen LogP contribution in [-0.2, 0) is 11.3 Å². The lowest BCUT2D eigenvalue weighted by Crippen LogP contribution is -2.49. The van der Waals surface area contributed by atoms with Crippen molar-refractivity contribution in [1.82, 2.24) is 20.5 Å². The van der Waals surface area contributed by atoms with Crippen molar-refractivity contribution < 1.29 is 9.53 Å². The van der Waals surface area contributed by atoms with Crippen LogP contribution in [0.3, 0.4) is 0 Å². The van der Waals surface area contributed by atoms with E-state index in [1.54, 1.807) is 11.1 Å². The molecule has 3 rings (SSSR count). The number of hydrogen-bond acceptors (Lipinski definition) is 4. The van der Waals surface area contributed by atoms with Crippen molar-refractivity contribution >= 4 is 35.8 Å². The zero-order valence-corrected chi connectivity index (χ0v) is 21.5. The number of halogens is 1. The molecule has 0 unspecified atom stereocenters. The first-order valence-electron chi connectivity index (χ1n) is 11.4. The van der Waals surface area contributed by atoms with Crippen molar-refractivity contribution in [1.29, 1.82) is 0 Å². The van der Waals surface area contributed by atoms with E-state index in [0.717, 1.165) is 56.6 Å². The molecule has 31 heavy (non-hydrogen) atoms. The van der Waals surface area contributed by atoms with Gasteiger partial charge in [-0.1, -0.05) is 12.8 Å². The van der Waals surface area contributed by atoms with Crippen LogP contribution in [0.1, 0.15) is 63.9 Å². The second kappa shape index (κ2) is 12.5. The largest absolute Gasteiger partial charge is 0.474 e. The van der Waals surface area contributed by atoms with Gasteiger partial charge in [-0.05, 0) is 57.1 Å². The third kappa shape index (κ3) is 7.22. The van der Waals surface area contributed by atoms with Gasteiger partial charge in [0, 0.05) is 39.4 Å². The maximum Gasteiger partial charge on any atom is 0.230 e. The smallest absolute Gasteiger partial charge is 0.230 e. The SMILES string of the molecule is CCNC(=NCc1ccnc(OC2CCCC2)c1)NCC1(C(=O)N(C)C)CCCC1.I. The number of carbonyl (C=O) groups is 1. The maximum absolute atomic E-state index is 12.8. The van der Waals surface area contributed by atoms with Crippen molar-refractivity contribution in [3.05, 3.63) is 23.9 Å². The Labute approximate surface area is 203 Å². The second-order valence-electron chi connectivity index (χ2n) is 8.76. The van der Waals surface area contributed by atoms with E-state index in [1.165, 1.54) is 12.8 Å². The summed E-state index contributed by atoms with van der Waals surface area (Å²) in [5, 5.41) is 6.73. The average Bonchev–Trinajstić information content (AvgIpc) is 3.42. The molecule has 8 heteroatoms. The molecule has 0 saturated heterocycles. The van der Waals surface area contributed by atoms with Crippen LogP contribution in [0.2, 0.25) is 0 Å². The van der Waals surface area contributed by atoms with Crippen molar-refractivity contribution in [2.75, 3.05) is 27.2 Å². The predicted molar refractivity (Wildman–Crippen MR) is 135 cm³/mol. The highest BCUT2D eigenvalue weighted by Crippen LogP contribution is 2.38. The molecule has 0 aromatic carbocycles. The number of amides is 1. The Kier molecular flexibility index (Phi) is 10.3. The van der Waals surface area contributed by atoms with Crippen molar-refractivity contribution in [2.24, 2.45) is 10.4 Å². The molecule has 1 aromatic rings. The van der Waals surface area contributed by atoms with Gasteiger partial charge < -0.3 is 20.3 Å². The minimum absolute atomic E-state index is 0. The standard InChI is InChI=1S/C23H37N5O2.HI/c1-4-24-22(27-17-23(12-7-8-13-23)21(29)28(2)3)26-16-18-11-14-25-20(15-18)30-19-9-5-6-10-19;/h11,14-15,19H,4-10,12-13,16-17H2,1-3H3,(H2,24,26,27);1H. The van der Waals surface area contributed by atoms with Crippen LogP contribution in [0.5, 0.6) is 5.88 Å². The highest BCUT2D eigenvalue weighted by Gasteiger charge is 2.42. The number of carbonyl (C=O) groups excluding carboxylic acids is 1. The van der Waals surface area contributed by atoms with E-state index in [4.69, 9.17) is 9.73 Å². The second-order valence-corrected chi connectivity index (χ2v) is 8.76. The van der Waals surface area contributed by atoms with Gasteiger partial charge in [0.05, 0.1) is 12.0 Å². The van der Waals surface area contributed by atoms with Gasteiger partial charge in [-0.25, -0.2) is 9.98 Å². The Morgan fingerprint density at radius 1 is 1.23 bits per heavy atom. The Morgan fingerprint density at radius 2 is 1.94 bits per heavy atom. The summed E-state index contributed by atoms with van der Waals surface area (Å²) in [6.07, 6.45) is 10.9. The molecule has 2 saturated carbocycles. The predicted octanol–water partition coefficient (Wildman–Crippen LogP) is 3.72. The van der Waals surface area contributed by atoms with Gasteiger partial charge >= 0.3 is 0 Å². The molecule has 174 valence electrons. The zero-order valence-electron chi connectivity index (χ0n) is 19.2. The molecule has 0 aliphatic heterocycles. The fraction of sp³-hybridized carbons (Fsp3) is 0.696. The van der Waals surface area contributed by atoms with Crippen molar-refractivity contribution in [3.63, 3.8) is 0 Å². The molecule has 1 aromatic heterocycles. The number of pyridine rings is 1. The lowest BCUT2D eigenvalue weighted by molar-refractivity contribution is -0.138.